The van der Waals surface area contributed by atoms with Crippen LogP contribution in [0.4, 0.5) is 11.6 Å². The highest BCUT2D eigenvalue weighted by atomic mass is 32.2. The molecule has 2 aromatic carbocycles. The molecule has 2 heterocycles. The van der Waals surface area contributed by atoms with Gasteiger partial charge in [0.15, 0.2) is 11.5 Å². The first-order valence-electron chi connectivity index (χ1n) is 14.5. The molecule has 0 bridgehead atoms. The number of benzene rings is 2. The first-order chi connectivity index (χ1) is 20.0. The summed E-state index contributed by atoms with van der Waals surface area (Å²) >= 11 is 1.55. The van der Waals surface area contributed by atoms with Crippen LogP contribution in [0.25, 0.3) is 0 Å². The summed E-state index contributed by atoms with van der Waals surface area (Å²) in [6.45, 7) is 11.6. The number of anilines is 2. The van der Waals surface area contributed by atoms with E-state index in [9.17, 15) is 4.79 Å². The fraction of sp³-hybridized carbons (Fsp3) is 0.452. The number of para-hydroxylation sites is 2. The number of nitrogens with one attached hydrogen (secondary N) is 2. The number of fused-ring (bicyclic) bond motifs is 1. The Labute approximate surface area is 247 Å². The summed E-state index contributed by atoms with van der Waals surface area (Å²) in [4.78, 5) is 18.7. The number of unbranched alkanes of at least 4 members (excludes halogenated alkanes) is 3. The summed E-state index contributed by atoms with van der Waals surface area (Å²) in [6.07, 6.45) is 4.50. The highest BCUT2D eigenvalue weighted by Gasteiger charge is 2.35. The van der Waals surface area contributed by atoms with E-state index in [1.807, 2.05) is 63.2 Å². The minimum Gasteiger partial charge on any atom is -0.492 e. The van der Waals surface area contributed by atoms with Gasteiger partial charge in [0.05, 0.1) is 31.1 Å². The minimum atomic E-state index is -0.540. The van der Waals surface area contributed by atoms with E-state index < -0.39 is 6.04 Å². The predicted octanol–water partition coefficient (Wildman–Crippen LogP) is 7.07. The maximum atomic E-state index is 14.0. The first-order valence-corrected chi connectivity index (χ1v) is 15.5. The molecule has 0 aliphatic carbocycles. The van der Waals surface area contributed by atoms with Crippen molar-refractivity contribution < 1.29 is 19.0 Å². The Kier molecular flexibility index (Phi) is 11.0. The van der Waals surface area contributed by atoms with Crippen molar-refractivity contribution in [2.75, 3.05) is 36.2 Å². The standard InChI is InChI=1S/C31H41N5O4S/c1-6-10-11-14-19-40-25-18-17-22(20-26(25)39-8-3)28-27(21(5)32-30-34-31(41-9-4)35-36(28)30)29(37)33-23-15-12-13-16-24(23)38-7-2/h12-13,15-18,20,28H,6-11,14,19H2,1-5H3,(H,33,37)(H,32,34,35). The SMILES string of the molecule is CCCCCCOc1ccc(C2C(C(=O)Nc3ccccc3OCC)=C(C)Nc3nc(SCC)nn32)cc1OCC. The lowest BCUT2D eigenvalue weighted by Crippen LogP contribution is -2.31. The van der Waals surface area contributed by atoms with Crippen LogP contribution in [0, 0.1) is 0 Å². The molecular formula is C31H41N5O4S. The number of amides is 1. The van der Waals surface area contributed by atoms with Crippen molar-refractivity contribution in [1.82, 2.24) is 14.8 Å². The molecule has 1 amide bonds. The number of rotatable bonds is 15. The van der Waals surface area contributed by atoms with E-state index in [0.29, 0.717) is 65.1 Å². The van der Waals surface area contributed by atoms with Gasteiger partial charge in [-0.25, -0.2) is 4.68 Å². The summed E-state index contributed by atoms with van der Waals surface area (Å²) in [7, 11) is 0. The zero-order valence-electron chi connectivity index (χ0n) is 24.7. The molecule has 0 saturated heterocycles. The smallest absolute Gasteiger partial charge is 0.255 e. The zero-order chi connectivity index (χ0) is 29.2. The molecule has 1 unspecified atom stereocenters. The number of hydrogen-bond donors (Lipinski definition) is 2. The lowest BCUT2D eigenvalue weighted by Gasteiger charge is -2.29. The van der Waals surface area contributed by atoms with Gasteiger partial charge in [-0.05, 0) is 62.8 Å². The van der Waals surface area contributed by atoms with Gasteiger partial charge in [-0.15, -0.1) is 5.10 Å². The average molecular weight is 580 g/mol. The number of nitrogens with zero attached hydrogens (tertiary/aromatic N) is 3. The summed E-state index contributed by atoms with van der Waals surface area (Å²) in [5.41, 5.74) is 2.67. The highest BCUT2D eigenvalue weighted by Crippen LogP contribution is 2.40. The van der Waals surface area contributed by atoms with E-state index in [1.54, 1.807) is 16.4 Å². The molecule has 1 aliphatic heterocycles. The van der Waals surface area contributed by atoms with Gasteiger partial charge in [0.2, 0.25) is 11.1 Å². The lowest BCUT2D eigenvalue weighted by molar-refractivity contribution is -0.113. The van der Waals surface area contributed by atoms with Crippen molar-refractivity contribution in [2.24, 2.45) is 0 Å². The topological polar surface area (TPSA) is 99.5 Å². The van der Waals surface area contributed by atoms with Crippen LogP contribution >= 0.6 is 11.8 Å². The van der Waals surface area contributed by atoms with E-state index in [0.717, 1.165) is 24.2 Å². The van der Waals surface area contributed by atoms with Crippen LogP contribution < -0.4 is 24.8 Å². The van der Waals surface area contributed by atoms with Crippen LogP contribution in [0.15, 0.2) is 58.9 Å². The number of thioether (sulfide) groups is 1. The van der Waals surface area contributed by atoms with Crippen LogP contribution in [0.1, 0.15) is 71.9 Å². The zero-order valence-corrected chi connectivity index (χ0v) is 25.5. The number of carbonyl (C=O) groups is 1. The molecule has 0 spiro atoms. The van der Waals surface area contributed by atoms with Crippen LogP contribution in [0.5, 0.6) is 17.2 Å². The van der Waals surface area contributed by atoms with Crippen LogP contribution in [-0.4, -0.2) is 46.2 Å². The maximum absolute atomic E-state index is 14.0. The second-order valence-electron chi connectivity index (χ2n) is 9.59. The van der Waals surface area contributed by atoms with Crippen LogP contribution in [0.2, 0.25) is 0 Å². The van der Waals surface area contributed by atoms with E-state index in [4.69, 9.17) is 19.3 Å². The predicted molar refractivity (Wildman–Crippen MR) is 164 cm³/mol. The maximum Gasteiger partial charge on any atom is 0.255 e. The third-order valence-electron chi connectivity index (χ3n) is 6.63. The van der Waals surface area contributed by atoms with E-state index in [2.05, 4.69) is 29.5 Å². The second-order valence-corrected chi connectivity index (χ2v) is 10.8. The highest BCUT2D eigenvalue weighted by molar-refractivity contribution is 7.99. The van der Waals surface area contributed by atoms with Gasteiger partial charge in [-0.3, -0.25) is 4.79 Å². The van der Waals surface area contributed by atoms with Crippen LogP contribution in [-0.2, 0) is 4.79 Å². The second kappa shape index (κ2) is 14.8. The molecule has 9 nitrogen and oxygen atoms in total. The van der Waals surface area contributed by atoms with Gasteiger partial charge in [0.25, 0.3) is 5.91 Å². The Balaban J connectivity index is 1.72. The number of hydrogen-bond acceptors (Lipinski definition) is 8. The van der Waals surface area contributed by atoms with Gasteiger partial charge in [0.1, 0.15) is 11.8 Å². The van der Waals surface area contributed by atoms with Gasteiger partial charge in [-0.1, -0.05) is 63.1 Å². The molecule has 1 aromatic heterocycles. The van der Waals surface area contributed by atoms with Crippen molar-refractivity contribution in [1.29, 1.82) is 0 Å². The monoisotopic (exact) mass is 579 g/mol. The molecule has 0 radical (unpaired) electrons. The number of carbonyl (C=O) groups excluding carboxylic acids is 1. The van der Waals surface area contributed by atoms with Crippen LogP contribution in [0.3, 0.4) is 0 Å². The quantitative estimate of drug-likeness (QED) is 0.146. The average Bonchev–Trinajstić information content (AvgIpc) is 3.36. The number of aromatic nitrogens is 3. The molecule has 0 saturated carbocycles. The Hall–Kier alpha value is -3.66. The summed E-state index contributed by atoms with van der Waals surface area (Å²) < 4.78 is 19.7. The van der Waals surface area contributed by atoms with Crippen molar-refractivity contribution in [2.45, 2.75) is 71.5 Å². The van der Waals surface area contributed by atoms with Crippen molar-refractivity contribution >= 4 is 29.3 Å². The molecule has 1 aliphatic rings. The summed E-state index contributed by atoms with van der Waals surface area (Å²) in [5, 5.41) is 11.8. The third-order valence-corrected chi connectivity index (χ3v) is 7.34. The van der Waals surface area contributed by atoms with Gasteiger partial charge >= 0.3 is 0 Å². The van der Waals surface area contributed by atoms with E-state index in [-0.39, 0.29) is 5.91 Å². The molecule has 10 heteroatoms. The van der Waals surface area contributed by atoms with Crippen molar-refractivity contribution in [3.8, 4) is 17.2 Å². The number of ether oxygens (including phenoxy) is 3. The third kappa shape index (κ3) is 7.35. The molecule has 41 heavy (non-hydrogen) atoms. The molecule has 220 valence electrons. The van der Waals surface area contributed by atoms with Gasteiger partial charge in [0, 0.05) is 5.70 Å². The summed E-state index contributed by atoms with van der Waals surface area (Å²) in [6, 6.07) is 12.7. The molecular weight excluding hydrogens is 538 g/mol. The first kappa shape index (κ1) is 30.3. The molecule has 2 N–H and O–H groups in total. The molecule has 4 rings (SSSR count). The van der Waals surface area contributed by atoms with E-state index in [1.165, 1.54) is 12.8 Å². The van der Waals surface area contributed by atoms with Crippen molar-refractivity contribution in [3.05, 3.63) is 59.3 Å². The Morgan fingerprint density at radius 1 is 0.976 bits per heavy atom. The summed E-state index contributed by atoms with van der Waals surface area (Å²) in [5.74, 6) is 3.11. The Morgan fingerprint density at radius 3 is 2.51 bits per heavy atom. The Morgan fingerprint density at radius 2 is 1.76 bits per heavy atom. The molecule has 3 aromatic rings. The van der Waals surface area contributed by atoms with Gasteiger partial charge in [-0.2, -0.15) is 4.98 Å². The Bertz CT molecular complexity index is 1360. The van der Waals surface area contributed by atoms with Gasteiger partial charge < -0.3 is 24.8 Å². The van der Waals surface area contributed by atoms with Crippen molar-refractivity contribution in [3.63, 3.8) is 0 Å². The molecule has 0 fully saturated rings. The minimum absolute atomic E-state index is 0.257. The largest absolute Gasteiger partial charge is 0.492 e. The number of allylic oxidation sites excluding steroid dienone is 1. The fourth-order valence-electron chi connectivity index (χ4n) is 4.76. The lowest BCUT2D eigenvalue weighted by atomic mass is 9.94. The normalized spacial score (nSPS) is 14.3. The molecule has 1 atom stereocenters. The van der Waals surface area contributed by atoms with E-state index >= 15 is 0 Å². The fourth-order valence-corrected chi connectivity index (χ4v) is 5.31.